The van der Waals surface area contributed by atoms with Gasteiger partial charge in [0, 0.05) is 37.5 Å². The van der Waals surface area contributed by atoms with Crippen molar-refractivity contribution in [2.75, 3.05) is 45.2 Å². The van der Waals surface area contributed by atoms with Crippen LogP contribution < -0.4 is 10.1 Å². The Kier molecular flexibility index (Phi) is 7.98. The third-order valence-corrected chi connectivity index (χ3v) is 9.61. The van der Waals surface area contributed by atoms with E-state index in [1.165, 1.54) is 4.90 Å². The molecule has 0 aromatic heterocycles. The minimum Gasteiger partial charge on any atom is -0.491 e. The quantitative estimate of drug-likeness (QED) is 0.368. The summed E-state index contributed by atoms with van der Waals surface area (Å²) in [5.41, 5.74) is 5.72. The van der Waals surface area contributed by atoms with Gasteiger partial charge in [-0.2, -0.15) is 0 Å². The molecule has 39 heavy (non-hydrogen) atoms. The number of fused-ring (bicyclic) bond motifs is 3. The Balaban J connectivity index is 1.45. The first-order chi connectivity index (χ1) is 18.7. The fourth-order valence-electron chi connectivity index (χ4n) is 5.40. The normalized spacial score (nSPS) is 18.5. The molecule has 0 saturated heterocycles. The van der Waals surface area contributed by atoms with Crippen molar-refractivity contribution < 1.29 is 27.0 Å². The second kappa shape index (κ2) is 11.3. The molecule has 0 spiro atoms. The van der Waals surface area contributed by atoms with Crippen LogP contribution in [-0.4, -0.2) is 81.1 Å². The molecular weight excluding hydrogens is 524 g/mol. The topological polar surface area (TPSA) is 82.1 Å². The average Bonchev–Trinajstić information content (AvgIpc) is 3.68. The van der Waals surface area contributed by atoms with Gasteiger partial charge in [-0.15, -0.1) is 0 Å². The van der Waals surface area contributed by atoms with Gasteiger partial charge in [-0.1, -0.05) is 12.1 Å². The third-order valence-electron chi connectivity index (χ3n) is 7.35. The molecule has 10 heteroatoms. The Hall–Kier alpha value is -2.95. The minimum atomic E-state index is -3.33. The lowest BCUT2D eigenvalue weighted by Crippen LogP contribution is -2.34. The number of hydrogen-bond acceptors (Lipinski definition) is 7. The Morgan fingerprint density at radius 3 is 2.72 bits per heavy atom. The number of ether oxygens (including phenoxy) is 1. The van der Waals surface area contributed by atoms with Crippen LogP contribution in [0.4, 0.5) is 14.5 Å². The summed E-state index contributed by atoms with van der Waals surface area (Å²) in [6.45, 7) is 2.40. The number of likely N-dealkylation sites (N-methyl/N-ethyl adjacent to an activating group) is 1. The molecule has 2 aliphatic heterocycles. The largest absolute Gasteiger partial charge is 0.491 e. The van der Waals surface area contributed by atoms with Crippen LogP contribution in [0.2, 0.25) is 0 Å². The summed E-state index contributed by atoms with van der Waals surface area (Å²) >= 11 is 0. The summed E-state index contributed by atoms with van der Waals surface area (Å²) in [6.07, 6.45) is 3.59. The highest BCUT2D eigenvalue weighted by Crippen LogP contribution is 2.49. The Bertz CT molecular complexity index is 1390. The van der Waals surface area contributed by atoms with Crippen LogP contribution in [0, 0.1) is 0 Å². The van der Waals surface area contributed by atoms with E-state index in [9.17, 15) is 22.3 Å². The standard InChI is InChI=1S/C29H35F2N3O4S/c1-19-15-24-27-23(20-5-3-6-22(16-20)39(36,37)21-7-8-21)9-10-25(28(27)32-29(24)33(2)17-19)38-14-4-11-34(12-13-35)18-26(30)31/h3,5-6,9-10,15-17,21,26,29,32,35H,4,7-8,11-14,18H2,1-2H3. The number of sulfone groups is 1. The number of aliphatic hydroxyl groups excluding tert-OH is 1. The first-order valence-electron chi connectivity index (χ1n) is 13.3. The number of nitrogens with one attached hydrogen (secondary N) is 1. The van der Waals surface area contributed by atoms with Gasteiger partial charge in [0.15, 0.2) is 9.84 Å². The molecule has 2 aromatic rings. The SMILES string of the molecule is CC1=CN(C)C2Nc3c(OCCCN(CCO)CC(F)F)ccc(-c4cccc(S(=O)(=O)C5CC5)c4)c3C2=C1. The van der Waals surface area contributed by atoms with E-state index in [2.05, 4.69) is 22.5 Å². The van der Waals surface area contributed by atoms with E-state index in [1.54, 1.807) is 18.2 Å². The number of anilines is 1. The van der Waals surface area contributed by atoms with Crippen molar-refractivity contribution in [3.05, 3.63) is 59.8 Å². The van der Waals surface area contributed by atoms with Crippen LogP contribution in [0.1, 0.15) is 31.7 Å². The molecule has 0 bridgehead atoms. The molecule has 2 N–H and O–H groups in total. The first kappa shape index (κ1) is 27.6. The van der Waals surface area contributed by atoms with Gasteiger partial charge in [0.25, 0.3) is 6.43 Å². The van der Waals surface area contributed by atoms with Crippen molar-refractivity contribution in [1.29, 1.82) is 0 Å². The Morgan fingerprint density at radius 2 is 2.00 bits per heavy atom. The number of aliphatic hydroxyl groups is 1. The van der Waals surface area contributed by atoms with E-state index in [-0.39, 0.29) is 31.1 Å². The summed E-state index contributed by atoms with van der Waals surface area (Å²) in [6, 6.07) is 11.0. The second-order valence-electron chi connectivity index (χ2n) is 10.4. The van der Waals surface area contributed by atoms with Crippen LogP contribution in [0.25, 0.3) is 16.7 Å². The molecule has 7 nitrogen and oxygen atoms in total. The van der Waals surface area contributed by atoms with E-state index in [0.717, 1.165) is 33.5 Å². The van der Waals surface area contributed by atoms with E-state index in [4.69, 9.17) is 4.74 Å². The number of halogens is 2. The number of benzene rings is 2. The number of rotatable bonds is 12. The van der Waals surface area contributed by atoms with Crippen LogP contribution in [0.15, 0.2) is 59.1 Å². The Labute approximate surface area is 228 Å². The van der Waals surface area contributed by atoms with E-state index in [1.807, 2.05) is 32.2 Å². The molecular formula is C29H35F2N3O4S. The molecule has 3 aliphatic rings. The zero-order valence-corrected chi connectivity index (χ0v) is 23.1. The maximum Gasteiger partial charge on any atom is 0.251 e. The molecule has 210 valence electrons. The number of nitrogens with zero attached hydrogens (tertiary/aromatic N) is 2. The van der Waals surface area contributed by atoms with Crippen molar-refractivity contribution in [3.8, 4) is 16.9 Å². The van der Waals surface area contributed by atoms with Crippen LogP contribution in [0.3, 0.4) is 0 Å². The lowest BCUT2D eigenvalue weighted by molar-refractivity contribution is 0.0754. The van der Waals surface area contributed by atoms with Crippen molar-refractivity contribution >= 4 is 21.1 Å². The van der Waals surface area contributed by atoms with Crippen molar-refractivity contribution in [2.24, 2.45) is 0 Å². The molecule has 1 fully saturated rings. The number of alkyl halides is 2. The molecule has 1 unspecified atom stereocenters. The van der Waals surface area contributed by atoms with E-state index < -0.39 is 16.3 Å². The maximum atomic E-state index is 13.0. The van der Waals surface area contributed by atoms with Gasteiger partial charge in [0.05, 0.1) is 35.6 Å². The predicted molar refractivity (Wildman–Crippen MR) is 149 cm³/mol. The lowest BCUT2D eigenvalue weighted by Gasteiger charge is -2.29. The third kappa shape index (κ3) is 5.83. The maximum absolute atomic E-state index is 13.0. The van der Waals surface area contributed by atoms with Crippen molar-refractivity contribution in [3.63, 3.8) is 0 Å². The van der Waals surface area contributed by atoms with Gasteiger partial charge >= 0.3 is 0 Å². The van der Waals surface area contributed by atoms with Gasteiger partial charge in [-0.3, -0.25) is 4.90 Å². The first-order valence-corrected chi connectivity index (χ1v) is 14.9. The molecule has 0 amide bonds. The van der Waals surface area contributed by atoms with Crippen molar-refractivity contribution in [2.45, 2.75) is 48.9 Å². The van der Waals surface area contributed by atoms with Crippen LogP contribution in [-0.2, 0) is 9.84 Å². The molecule has 5 rings (SSSR count). The minimum absolute atomic E-state index is 0.100. The smallest absolute Gasteiger partial charge is 0.251 e. The second-order valence-corrected chi connectivity index (χ2v) is 12.7. The van der Waals surface area contributed by atoms with Gasteiger partial charge in [-0.25, -0.2) is 17.2 Å². The fourth-order valence-corrected chi connectivity index (χ4v) is 7.10. The fraction of sp³-hybridized carbons (Fsp3) is 0.448. The predicted octanol–water partition coefficient (Wildman–Crippen LogP) is 4.60. The number of allylic oxidation sites excluding steroid dienone is 2. The molecule has 2 aromatic carbocycles. The van der Waals surface area contributed by atoms with Crippen molar-refractivity contribution in [1.82, 2.24) is 9.80 Å². The monoisotopic (exact) mass is 559 g/mol. The van der Waals surface area contributed by atoms with E-state index >= 15 is 0 Å². The van der Waals surface area contributed by atoms with Gasteiger partial charge in [0.1, 0.15) is 11.9 Å². The highest BCUT2D eigenvalue weighted by molar-refractivity contribution is 7.92. The summed E-state index contributed by atoms with van der Waals surface area (Å²) in [4.78, 5) is 3.98. The zero-order chi connectivity index (χ0) is 27.7. The lowest BCUT2D eigenvalue weighted by atomic mass is 9.92. The molecule has 2 heterocycles. The molecule has 1 saturated carbocycles. The van der Waals surface area contributed by atoms with E-state index in [0.29, 0.717) is 43.1 Å². The average molecular weight is 560 g/mol. The summed E-state index contributed by atoms with van der Waals surface area (Å²) in [7, 11) is -1.33. The summed E-state index contributed by atoms with van der Waals surface area (Å²) < 4.78 is 57.8. The number of hydrogen-bond donors (Lipinski definition) is 2. The van der Waals surface area contributed by atoms with Gasteiger partial charge in [-0.05, 0) is 73.2 Å². The molecule has 1 atom stereocenters. The summed E-state index contributed by atoms with van der Waals surface area (Å²) in [5, 5.41) is 12.5. The summed E-state index contributed by atoms with van der Waals surface area (Å²) in [5.74, 6) is 0.652. The van der Waals surface area contributed by atoms with Gasteiger partial charge in [0.2, 0.25) is 0 Å². The highest BCUT2D eigenvalue weighted by atomic mass is 32.2. The molecule has 0 radical (unpaired) electrons. The Morgan fingerprint density at radius 1 is 1.21 bits per heavy atom. The molecule has 1 aliphatic carbocycles. The van der Waals surface area contributed by atoms with Gasteiger partial charge < -0.3 is 20.1 Å². The highest BCUT2D eigenvalue weighted by Gasteiger charge is 2.38. The van der Waals surface area contributed by atoms with Crippen LogP contribution >= 0.6 is 0 Å². The zero-order valence-electron chi connectivity index (χ0n) is 22.2. The van der Waals surface area contributed by atoms with Crippen LogP contribution in [0.5, 0.6) is 5.75 Å².